The van der Waals surface area contributed by atoms with Gasteiger partial charge in [0.15, 0.2) is 0 Å². The molecule has 0 saturated carbocycles. The molecule has 5 rings (SSSR count). The van der Waals surface area contributed by atoms with Crippen molar-refractivity contribution < 1.29 is 15.0 Å². The molecule has 14 nitrogen and oxygen atoms in total. The van der Waals surface area contributed by atoms with Crippen LogP contribution in [0.25, 0.3) is 0 Å². The highest BCUT2D eigenvalue weighted by molar-refractivity contribution is 6.31. The van der Waals surface area contributed by atoms with Crippen LogP contribution in [0, 0.1) is 0 Å². The summed E-state index contributed by atoms with van der Waals surface area (Å²) in [5, 5.41) is 26.6. The number of carbonyl (C=O) groups is 1. The zero-order chi connectivity index (χ0) is 29.3. The van der Waals surface area contributed by atoms with E-state index in [0.29, 0.717) is 56.6 Å². The van der Waals surface area contributed by atoms with Gasteiger partial charge in [0.05, 0.1) is 11.3 Å². The number of nitrogens with one attached hydrogen (secondary N) is 2. The molecule has 3 heterocycles. The lowest BCUT2D eigenvalue weighted by atomic mass is 10.0. The fourth-order valence-corrected chi connectivity index (χ4v) is 5.27. The number of halogens is 1. The number of nitrogens with two attached hydrogens (primary N) is 4. The molecule has 2 saturated heterocycles. The molecule has 3 aromatic rings. The number of nitrogens with zero attached hydrogens (tertiary/aromatic N) is 5. The van der Waals surface area contributed by atoms with Gasteiger partial charge in [-0.3, -0.25) is 4.79 Å². The molecule has 2 aliphatic heterocycles. The summed E-state index contributed by atoms with van der Waals surface area (Å²) < 4.78 is 0. The topological polar surface area (TPSA) is 231 Å². The monoisotopic (exact) mass is 583 g/mol. The zero-order valence-electron chi connectivity index (χ0n) is 22.2. The first-order chi connectivity index (χ1) is 19.5. The van der Waals surface area contributed by atoms with E-state index >= 15 is 0 Å². The lowest BCUT2D eigenvalue weighted by Gasteiger charge is -2.37. The number of amides is 1. The summed E-state index contributed by atoms with van der Waals surface area (Å²) >= 11 is 5.95. The van der Waals surface area contributed by atoms with Crippen molar-refractivity contribution in [2.75, 3.05) is 46.6 Å². The van der Waals surface area contributed by atoms with Crippen LogP contribution in [0.5, 0.6) is 11.5 Å². The third-order valence-electron chi connectivity index (χ3n) is 6.91. The molecule has 4 atom stereocenters. The fourth-order valence-electron chi connectivity index (χ4n) is 5.10. The minimum absolute atomic E-state index is 0.0290. The molecule has 0 unspecified atom stereocenters. The number of aromatic hydroxyl groups is 2. The molecule has 2 aliphatic rings. The number of rotatable bonds is 6. The Morgan fingerprint density at radius 2 is 1.37 bits per heavy atom. The van der Waals surface area contributed by atoms with Gasteiger partial charge in [-0.25, -0.2) is 0 Å². The van der Waals surface area contributed by atoms with Crippen LogP contribution in [0.3, 0.4) is 0 Å². The first-order valence-corrected chi connectivity index (χ1v) is 13.6. The number of aromatic nitrogens is 3. The molecule has 0 aliphatic carbocycles. The Bertz CT molecular complexity index is 1360. The van der Waals surface area contributed by atoms with Gasteiger partial charge in [-0.1, -0.05) is 11.6 Å². The van der Waals surface area contributed by atoms with E-state index in [1.165, 1.54) is 30.3 Å². The lowest BCUT2D eigenvalue weighted by molar-refractivity contribution is 0.102. The second kappa shape index (κ2) is 11.9. The molecular weight excluding hydrogens is 550 g/mol. The largest absolute Gasteiger partial charge is 0.507 e. The molecule has 15 heteroatoms. The summed E-state index contributed by atoms with van der Waals surface area (Å²) in [7, 11) is 0. The van der Waals surface area contributed by atoms with Crippen LogP contribution in [0.15, 0.2) is 36.4 Å². The van der Waals surface area contributed by atoms with Crippen LogP contribution in [0.2, 0.25) is 5.02 Å². The molecule has 1 amide bonds. The highest BCUT2D eigenvalue weighted by Gasteiger charge is 2.29. The standard InChI is InChI=1S/C26H34ClN11O3/c27-13-1-4-21(39)19(5-13)23(41)33-20-3-2-18(8-22(20)40)32-24-34-25(37-9-14(28)6-15(29)10-37)36-26(35-24)38-11-16(30)7-17(31)12-38/h1-5,8,14-17,39-40H,6-7,9-12,28-31H2,(H,33,41)(H,32,34,35,36)/t14-,15+,16-,17+. The maximum absolute atomic E-state index is 12.7. The summed E-state index contributed by atoms with van der Waals surface area (Å²) in [6.07, 6.45) is 1.41. The van der Waals surface area contributed by atoms with Crippen LogP contribution < -0.4 is 43.4 Å². The predicted octanol–water partition coefficient (Wildman–Crippen LogP) is 0.662. The van der Waals surface area contributed by atoms with Gasteiger partial charge in [0.2, 0.25) is 17.8 Å². The normalized spacial score (nSPS) is 22.9. The van der Waals surface area contributed by atoms with E-state index in [0.717, 1.165) is 0 Å². The van der Waals surface area contributed by atoms with E-state index in [9.17, 15) is 15.0 Å². The number of carbonyl (C=O) groups excluding carboxylic acids is 1. The molecule has 2 fully saturated rings. The molecule has 0 radical (unpaired) electrons. The summed E-state index contributed by atoms with van der Waals surface area (Å²) in [6, 6.07) is 8.17. The SMILES string of the molecule is N[C@@H]1C[C@H](N)CN(c2nc(Nc3ccc(NC(=O)c4cc(Cl)ccc4O)c(O)c3)nc(N3C[C@H](N)C[C@H](N)C3)n2)C1. The number of piperidine rings is 2. The molecule has 2 aromatic carbocycles. The summed E-state index contributed by atoms with van der Waals surface area (Å²) in [4.78, 5) is 30.4. The van der Waals surface area contributed by atoms with Gasteiger partial charge in [-0.2, -0.15) is 15.0 Å². The van der Waals surface area contributed by atoms with Crippen molar-refractivity contribution in [3.63, 3.8) is 0 Å². The highest BCUT2D eigenvalue weighted by Crippen LogP contribution is 2.31. The van der Waals surface area contributed by atoms with Gasteiger partial charge in [0.1, 0.15) is 11.5 Å². The Kier molecular flexibility index (Phi) is 8.28. The van der Waals surface area contributed by atoms with Crippen molar-refractivity contribution in [2.24, 2.45) is 22.9 Å². The van der Waals surface area contributed by atoms with Crippen LogP contribution >= 0.6 is 11.6 Å². The van der Waals surface area contributed by atoms with Gasteiger partial charge in [0, 0.05) is 67.1 Å². The van der Waals surface area contributed by atoms with E-state index in [1.807, 2.05) is 9.80 Å². The van der Waals surface area contributed by atoms with Gasteiger partial charge < -0.3 is 53.6 Å². The maximum Gasteiger partial charge on any atom is 0.259 e. The summed E-state index contributed by atoms with van der Waals surface area (Å²) in [6.45, 7) is 2.14. The van der Waals surface area contributed by atoms with Gasteiger partial charge in [-0.05, 0) is 43.2 Å². The number of benzene rings is 2. The van der Waals surface area contributed by atoms with Crippen LogP contribution in [-0.4, -0.2) is 81.4 Å². The second-order valence-corrected chi connectivity index (χ2v) is 11.0. The second-order valence-electron chi connectivity index (χ2n) is 10.6. The van der Waals surface area contributed by atoms with Gasteiger partial charge in [0.25, 0.3) is 5.91 Å². The molecule has 1 aromatic heterocycles. The Morgan fingerprint density at radius 1 is 0.805 bits per heavy atom. The summed E-state index contributed by atoms with van der Waals surface area (Å²) in [5.74, 6) is -0.0534. The van der Waals surface area contributed by atoms with Crippen molar-refractivity contribution in [2.45, 2.75) is 37.0 Å². The van der Waals surface area contributed by atoms with Crippen molar-refractivity contribution >= 4 is 46.7 Å². The third kappa shape index (κ3) is 6.86. The van der Waals surface area contributed by atoms with Crippen molar-refractivity contribution in [3.8, 4) is 11.5 Å². The Labute approximate surface area is 241 Å². The number of hydrogen-bond acceptors (Lipinski definition) is 13. The number of hydrogen-bond donors (Lipinski definition) is 8. The first-order valence-electron chi connectivity index (χ1n) is 13.2. The maximum atomic E-state index is 12.7. The van der Waals surface area contributed by atoms with E-state index < -0.39 is 5.91 Å². The van der Waals surface area contributed by atoms with Crippen molar-refractivity contribution in [1.82, 2.24) is 15.0 Å². The minimum atomic E-state index is -0.636. The predicted molar refractivity (Wildman–Crippen MR) is 158 cm³/mol. The molecular formula is C26H34ClN11O3. The quantitative estimate of drug-likeness (QED) is 0.187. The first kappa shape index (κ1) is 28.6. The lowest BCUT2D eigenvalue weighted by Crippen LogP contribution is -2.54. The van der Waals surface area contributed by atoms with E-state index in [-0.39, 0.29) is 57.9 Å². The van der Waals surface area contributed by atoms with Gasteiger partial charge in [-0.15, -0.1) is 0 Å². The zero-order valence-corrected chi connectivity index (χ0v) is 23.0. The van der Waals surface area contributed by atoms with Crippen molar-refractivity contribution in [1.29, 1.82) is 0 Å². The molecule has 41 heavy (non-hydrogen) atoms. The Balaban J connectivity index is 1.40. The Hall–Kier alpha value is -3.95. The number of phenolic OH excluding ortho intramolecular Hbond substituents is 2. The Morgan fingerprint density at radius 3 is 1.90 bits per heavy atom. The number of anilines is 5. The summed E-state index contributed by atoms with van der Waals surface area (Å²) in [5.41, 5.74) is 25.4. The van der Waals surface area contributed by atoms with Gasteiger partial charge >= 0.3 is 0 Å². The van der Waals surface area contributed by atoms with Crippen LogP contribution in [-0.2, 0) is 0 Å². The molecule has 12 N–H and O–H groups in total. The fraction of sp³-hybridized carbons (Fsp3) is 0.385. The molecule has 218 valence electrons. The minimum Gasteiger partial charge on any atom is -0.507 e. The van der Waals surface area contributed by atoms with Crippen LogP contribution in [0.4, 0.5) is 29.2 Å². The van der Waals surface area contributed by atoms with E-state index in [2.05, 4.69) is 20.6 Å². The third-order valence-corrected chi connectivity index (χ3v) is 7.15. The highest BCUT2D eigenvalue weighted by atomic mass is 35.5. The number of phenols is 2. The van der Waals surface area contributed by atoms with E-state index in [1.54, 1.807) is 6.07 Å². The average Bonchev–Trinajstić information content (AvgIpc) is 2.90. The smallest absolute Gasteiger partial charge is 0.259 e. The van der Waals surface area contributed by atoms with Crippen molar-refractivity contribution in [3.05, 3.63) is 47.0 Å². The average molecular weight is 584 g/mol. The molecule has 0 bridgehead atoms. The van der Waals surface area contributed by atoms with E-state index in [4.69, 9.17) is 39.5 Å². The van der Waals surface area contributed by atoms with Crippen LogP contribution in [0.1, 0.15) is 23.2 Å². The molecule has 0 spiro atoms.